The minimum atomic E-state index is -0.391. The van der Waals surface area contributed by atoms with Crippen molar-refractivity contribution in [3.05, 3.63) is 84.4 Å². The Hall–Kier alpha value is -3.11. The highest BCUT2D eigenvalue weighted by atomic mass is 16.5. The molecule has 1 unspecified atom stereocenters. The summed E-state index contributed by atoms with van der Waals surface area (Å²) in [5.74, 6) is 0.647. The minimum absolute atomic E-state index is 0.391. The number of benzene rings is 3. The van der Waals surface area contributed by atoms with Crippen LogP contribution in [0.5, 0.6) is 11.5 Å². The summed E-state index contributed by atoms with van der Waals surface area (Å²) >= 11 is 0. The molecule has 153 valence electrons. The number of hydrogen-bond donors (Lipinski definition) is 1. The quantitative estimate of drug-likeness (QED) is 0.433. The Kier molecular flexibility index (Phi) is 6.78. The summed E-state index contributed by atoms with van der Waals surface area (Å²) in [4.78, 5) is 12.5. The molecule has 1 aliphatic heterocycles. The second-order valence-corrected chi connectivity index (χ2v) is 7.50. The zero-order valence-corrected chi connectivity index (χ0v) is 17.0. The molecular weight excluding hydrogens is 374 g/mol. The van der Waals surface area contributed by atoms with E-state index in [0.29, 0.717) is 29.7 Å². The van der Waals surface area contributed by atoms with Gasteiger partial charge in [0.2, 0.25) is 0 Å². The van der Waals surface area contributed by atoms with Gasteiger partial charge in [0, 0.05) is 18.2 Å². The number of rotatable bonds is 7. The predicted octanol–water partition coefficient (Wildman–Crippen LogP) is 5.28. The van der Waals surface area contributed by atoms with E-state index in [0.717, 1.165) is 24.1 Å². The summed E-state index contributed by atoms with van der Waals surface area (Å²) in [6.45, 7) is 1.68. The Balaban J connectivity index is 1.51. The first-order valence-electron chi connectivity index (χ1n) is 10.5. The third kappa shape index (κ3) is 5.49. The molecule has 1 aliphatic rings. The van der Waals surface area contributed by atoms with Crippen LogP contribution in [0.3, 0.4) is 0 Å². The lowest BCUT2D eigenvalue weighted by molar-refractivity contribution is 0.0734. The van der Waals surface area contributed by atoms with Gasteiger partial charge in [0.25, 0.3) is 0 Å². The van der Waals surface area contributed by atoms with Crippen molar-refractivity contribution in [2.75, 3.05) is 13.2 Å². The van der Waals surface area contributed by atoms with E-state index in [-0.39, 0.29) is 0 Å². The summed E-state index contributed by atoms with van der Waals surface area (Å²) in [6.07, 6.45) is 4.66. The second kappa shape index (κ2) is 10.1. The van der Waals surface area contributed by atoms with Gasteiger partial charge < -0.3 is 14.8 Å². The molecular formula is C26H26NO3. The van der Waals surface area contributed by atoms with Gasteiger partial charge in [0.15, 0.2) is 0 Å². The Labute approximate surface area is 177 Å². The summed E-state index contributed by atoms with van der Waals surface area (Å²) in [7, 11) is 0. The maximum atomic E-state index is 12.5. The average molecular weight is 400 g/mol. The predicted molar refractivity (Wildman–Crippen MR) is 118 cm³/mol. The zero-order chi connectivity index (χ0) is 20.6. The van der Waals surface area contributed by atoms with Gasteiger partial charge in [-0.25, -0.2) is 4.79 Å². The van der Waals surface area contributed by atoms with Crippen LogP contribution in [0.4, 0.5) is 0 Å². The molecule has 0 saturated carbocycles. The van der Waals surface area contributed by atoms with Gasteiger partial charge in [-0.05, 0) is 55.1 Å². The van der Waals surface area contributed by atoms with E-state index in [1.54, 1.807) is 18.2 Å². The largest absolute Gasteiger partial charge is 0.493 e. The number of carbonyl (C=O) groups is 1. The van der Waals surface area contributed by atoms with Crippen LogP contribution in [-0.4, -0.2) is 25.2 Å². The van der Waals surface area contributed by atoms with Crippen LogP contribution < -0.4 is 14.8 Å². The second-order valence-electron chi connectivity index (χ2n) is 7.50. The van der Waals surface area contributed by atoms with E-state index in [1.165, 1.54) is 19.3 Å². The molecule has 3 aromatic carbocycles. The SMILES string of the molecule is O=C(Oc1cc(OCCC2CCCCN2)[c]c(-c2ccccc2)c1)c1ccccc1. The lowest BCUT2D eigenvalue weighted by Crippen LogP contribution is -2.35. The highest BCUT2D eigenvalue weighted by Crippen LogP contribution is 2.30. The van der Waals surface area contributed by atoms with E-state index >= 15 is 0 Å². The van der Waals surface area contributed by atoms with E-state index < -0.39 is 5.97 Å². The third-order valence-electron chi connectivity index (χ3n) is 5.26. The van der Waals surface area contributed by atoms with Crippen molar-refractivity contribution in [1.29, 1.82) is 0 Å². The molecule has 4 nitrogen and oxygen atoms in total. The first-order chi connectivity index (χ1) is 14.8. The van der Waals surface area contributed by atoms with Crippen molar-refractivity contribution in [2.24, 2.45) is 0 Å². The molecule has 1 fully saturated rings. The van der Waals surface area contributed by atoms with Gasteiger partial charge in [-0.15, -0.1) is 0 Å². The van der Waals surface area contributed by atoms with E-state index in [1.807, 2.05) is 54.6 Å². The van der Waals surface area contributed by atoms with Crippen LogP contribution in [0.2, 0.25) is 0 Å². The van der Waals surface area contributed by atoms with Crippen LogP contribution in [0.25, 0.3) is 11.1 Å². The Morgan fingerprint density at radius 3 is 2.50 bits per heavy atom. The molecule has 3 aromatic rings. The molecule has 0 bridgehead atoms. The molecule has 4 rings (SSSR count). The minimum Gasteiger partial charge on any atom is -0.493 e. The van der Waals surface area contributed by atoms with Crippen molar-refractivity contribution in [3.8, 4) is 22.6 Å². The first-order valence-corrected chi connectivity index (χ1v) is 10.5. The van der Waals surface area contributed by atoms with Gasteiger partial charge in [-0.2, -0.15) is 0 Å². The molecule has 30 heavy (non-hydrogen) atoms. The number of hydrogen-bond acceptors (Lipinski definition) is 4. The summed E-state index contributed by atoms with van der Waals surface area (Å²) in [5, 5.41) is 3.54. The summed E-state index contributed by atoms with van der Waals surface area (Å²) in [6, 6.07) is 26.3. The molecule has 1 N–H and O–H groups in total. The van der Waals surface area contributed by atoms with Crippen molar-refractivity contribution >= 4 is 5.97 Å². The lowest BCUT2D eigenvalue weighted by atomic mass is 10.0. The Morgan fingerprint density at radius 1 is 1.00 bits per heavy atom. The van der Waals surface area contributed by atoms with Gasteiger partial charge in [-0.3, -0.25) is 0 Å². The van der Waals surface area contributed by atoms with Crippen molar-refractivity contribution in [1.82, 2.24) is 5.32 Å². The molecule has 1 saturated heterocycles. The molecule has 0 aliphatic carbocycles. The molecule has 1 heterocycles. The number of ether oxygens (including phenoxy) is 2. The monoisotopic (exact) mass is 400 g/mol. The highest BCUT2D eigenvalue weighted by Gasteiger charge is 2.14. The van der Waals surface area contributed by atoms with Crippen molar-refractivity contribution in [2.45, 2.75) is 31.7 Å². The number of nitrogens with one attached hydrogen (secondary N) is 1. The smallest absolute Gasteiger partial charge is 0.343 e. The molecule has 1 radical (unpaired) electrons. The standard InChI is InChI=1S/C26H26NO3/c28-26(21-11-5-2-6-12-21)30-25-18-22(20-9-3-1-4-10-20)17-24(19-25)29-16-14-23-13-7-8-15-27-23/h1-6,9-12,18-19,23,27H,7-8,13-16H2. The Bertz CT molecular complexity index is 951. The van der Waals surface area contributed by atoms with Gasteiger partial charge in [-0.1, -0.05) is 55.0 Å². The van der Waals surface area contributed by atoms with Gasteiger partial charge >= 0.3 is 5.97 Å². The van der Waals surface area contributed by atoms with Crippen molar-refractivity contribution in [3.63, 3.8) is 0 Å². The molecule has 1 atom stereocenters. The lowest BCUT2D eigenvalue weighted by Gasteiger charge is -2.23. The zero-order valence-electron chi connectivity index (χ0n) is 17.0. The Morgan fingerprint density at radius 2 is 1.77 bits per heavy atom. The highest BCUT2D eigenvalue weighted by molar-refractivity contribution is 5.91. The topological polar surface area (TPSA) is 47.6 Å². The van der Waals surface area contributed by atoms with Crippen LogP contribution in [0, 0.1) is 6.07 Å². The number of carbonyl (C=O) groups excluding carboxylic acids is 1. The van der Waals surface area contributed by atoms with Crippen LogP contribution in [-0.2, 0) is 0 Å². The van der Waals surface area contributed by atoms with Crippen LogP contribution in [0.15, 0.2) is 72.8 Å². The molecule has 0 aromatic heterocycles. The normalized spacial score (nSPS) is 16.1. The summed E-state index contributed by atoms with van der Waals surface area (Å²) < 4.78 is 11.7. The van der Waals surface area contributed by atoms with Crippen LogP contribution in [0.1, 0.15) is 36.0 Å². The number of piperidine rings is 1. The number of esters is 1. The van der Waals surface area contributed by atoms with Gasteiger partial charge in [0.05, 0.1) is 12.2 Å². The van der Waals surface area contributed by atoms with Gasteiger partial charge in [0.1, 0.15) is 11.5 Å². The third-order valence-corrected chi connectivity index (χ3v) is 5.26. The fourth-order valence-corrected chi connectivity index (χ4v) is 3.65. The van der Waals surface area contributed by atoms with Crippen LogP contribution >= 0.6 is 0 Å². The maximum Gasteiger partial charge on any atom is 0.343 e. The van der Waals surface area contributed by atoms with Crippen molar-refractivity contribution < 1.29 is 14.3 Å². The molecule has 0 spiro atoms. The molecule has 0 amide bonds. The fraction of sp³-hybridized carbons (Fsp3) is 0.269. The molecule has 4 heteroatoms. The average Bonchev–Trinajstić information content (AvgIpc) is 2.81. The summed E-state index contributed by atoms with van der Waals surface area (Å²) in [5.41, 5.74) is 2.34. The fourth-order valence-electron chi connectivity index (χ4n) is 3.65. The van der Waals surface area contributed by atoms with E-state index in [4.69, 9.17) is 9.47 Å². The van der Waals surface area contributed by atoms with E-state index in [2.05, 4.69) is 11.4 Å². The van der Waals surface area contributed by atoms with E-state index in [9.17, 15) is 4.79 Å². The first kappa shape index (κ1) is 20.2. The maximum absolute atomic E-state index is 12.5.